The van der Waals surface area contributed by atoms with E-state index >= 15 is 0 Å². The summed E-state index contributed by atoms with van der Waals surface area (Å²) >= 11 is 0. The van der Waals surface area contributed by atoms with Crippen molar-refractivity contribution < 1.29 is 4.74 Å². The standard InChI is InChI=1S/C21H29NO/c1-5-14-23-20-12-8-18(9-13-20)16-22-15-17-6-10-19(11-7-17)21(2,3)4/h6-13,22H,5,14-16H2,1-4H3. The second kappa shape index (κ2) is 8.16. The highest BCUT2D eigenvalue weighted by Gasteiger charge is 2.12. The highest BCUT2D eigenvalue weighted by molar-refractivity contribution is 5.28. The van der Waals surface area contributed by atoms with Crippen LogP contribution in [0, 0.1) is 0 Å². The summed E-state index contributed by atoms with van der Waals surface area (Å²) in [5.74, 6) is 0.952. The highest BCUT2D eigenvalue weighted by Crippen LogP contribution is 2.22. The maximum Gasteiger partial charge on any atom is 0.119 e. The average Bonchev–Trinajstić information content (AvgIpc) is 2.54. The topological polar surface area (TPSA) is 21.3 Å². The Labute approximate surface area is 140 Å². The molecule has 0 aliphatic rings. The third-order valence-corrected chi connectivity index (χ3v) is 3.87. The normalized spacial score (nSPS) is 11.5. The van der Waals surface area contributed by atoms with Gasteiger partial charge in [-0.2, -0.15) is 0 Å². The minimum atomic E-state index is 0.216. The summed E-state index contributed by atoms with van der Waals surface area (Å²) in [5.41, 5.74) is 4.19. The van der Waals surface area contributed by atoms with Gasteiger partial charge < -0.3 is 10.1 Å². The van der Waals surface area contributed by atoms with Crippen molar-refractivity contribution in [1.29, 1.82) is 0 Å². The summed E-state index contributed by atoms with van der Waals surface area (Å²) in [7, 11) is 0. The van der Waals surface area contributed by atoms with Crippen LogP contribution >= 0.6 is 0 Å². The summed E-state index contributed by atoms with van der Waals surface area (Å²) in [6.45, 7) is 11.4. The van der Waals surface area contributed by atoms with Crippen molar-refractivity contribution in [3.63, 3.8) is 0 Å². The molecule has 1 N–H and O–H groups in total. The second-order valence-corrected chi connectivity index (χ2v) is 7.04. The molecule has 0 aliphatic heterocycles. The molecule has 2 rings (SSSR count). The van der Waals surface area contributed by atoms with E-state index < -0.39 is 0 Å². The van der Waals surface area contributed by atoms with Crippen molar-refractivity contribution in [1.82, 2.24) is 5.32 Å². The van der Waals surface area contributed by atoms with Crippen LogP contribution in [0.2, 0.25) is 0 Å². The van der Waals surface area contributed by atoms with Crippen LogP contribution in [-0.2, 0) is 18.5 Å². The van der Waals surface area contributed by atoms with Gasteiger partial charge in [-0.1, -0.05) is 64.1 Å². The first-order chi connectivity index (χ1) is 11.0. The lowest BCUT2D eigenvalue weighted by Crippen LogP contribution is -2.14. The fraction of sp³-hybridized carbons (Fsp3) is 0.429. The molecule has 0 aliphatic carbocycles. The van der Waals surface area contributed by atoms with E-state index in [0.717, 1.165) is 31.9 Å². The molecule has 2 nitrogen and oxygen atoms in total. The van der Waals surface area contributed by atoms with E-state index in [0.29, 0.717) is 0 Å². The molecule has 0 unspecified atom stereocenters. The molecule has 0 fully saturated rings. The quantitative estimate of drug-likeness (QED) is 0.771. The first-order valence-corrected chi connectivity index (χ1v) is 8.51. The van der Waals surface area contributed by atoms with Crippen LogP contribution in [0.25, 0.3) is 0 Å². The number of ether oxygens (including phenoxy) is 1. The minimum Gasteiger partial charge on any atom is -0.494 e. The summed E-state index contributed by atoms with van der Waals surface area (Å²) < 4.78 is 5.60. The SMILES string of the molecule is CCCOc1ccc(CNCc2ccc(C(C)(C)C)cc2)cc1. The molecule has 0 spiro atoms. The molecule has 2 heteroatoms. The molecule has 0 saturated carbocycles. The Bertz CT molecular complexity index is 579. The Kier molecular flexibility index (Phi) is 6.23. The fourth-order valence-electron chi connectivity index (χ4n) is 2.40. The van der Waals surface area contributed by atoms with Crippen molar-refractivity contribution in [2.45, 2.75) is 52.6 Å². The van der Waals surface area contributed by atoms with Crippen molar-refractivity contribution in [2.75, 3.05) is 6.61 Å². The molecule has 0 saturated heterocycles. The van der Waals surface area contributed by atoms with E-state index in [9.17, 15) is 0 Å². The Balaban J connectivity index is 1.80. The van der Waals surface area contributed by atoms with E-state index in [-0.39, 0.29) is 5.41 Å². The summed E-state index contributed by atoms with van der Waals surface area (Å²) in [4.78, 5) is 0. The van der Waals surface area contributed by atoms with Crippen LogP contribution in [-0.4, -0.2) is 6.61 Å². The largest absolute Gasteiger partial charge is 0.494 e. The van der Waals surface area contributed by atoms with E-state index in [1.165, 1.54) is 16.7 Å². The zero-order valence-electron chi connectivity index (χ0n) is 14.9. The van der Waals surface area contributed by atoms with Gasteiger partial charge in [-0.3, -0.25) is 0 Å². The molecular weight excluding hydrogens is 282 g/mol. The lowest BCUT2D eigenvalue weighted by atomic mass is 9.87. The Morgan fingerprint density at radius 2 is 1.35 bits per heavy atom. The molecule has 0 bridgehead atoms. The minimum absolute atomic E-state index is 0.216. The van der Waals surface area contributed by atoms with Gasteiger partial charge in [0.05, 0.1) is 6.61 Å². The van der Waals surface area contributed by atoms with Crippen LogP contribution in [0.4, 0.5) is 0 Å². The van der Waals surface area contributed by atoms with Crippen LogP contribution < -0.4 is 10.1 Å². The molecule has 0 radical (unpaired) electrons. The van der Waals surface area contributed by atoms with Crippen molar-refractivity contribution in [2.24, 2.45) is 0 Å². The molecule has 23 heavy (non-hydrogen) atoms. The van der Waals surface area contributed by atoms with Gasteiger partial charge in [-0.25, -0.2) is 0 Å². The number of hydrogen-bond donors (Lipinski definition) is 1. The smallest absolute Gasteiger partial charge is 0.119 e. The Hall–Kier alpha value is -1.80. The highest BCUT2D eigenvalue weighted by atomic mass is 16.5. The molecule has 124 valence electrons. The Morgan fingerprint density at radius 1 is 0.826 bits per heavy atom. The van der Waals surface area contributed by atoms with Crippen molar-refractivity contribution in [3.05, 3.63) is 65.2 Å². The first kappa shape index (κ1) is 17.6. The van der Waals surface area contributed by atoms with Gasteiger partial charge in [0.1, 0.15) is 5.75 Å². The van der Waals surface area contributed by atoms with Gasteiger partial charge in [0.25, 0.3) is 0 Å². The zero-order valence-corrected chi connectivity index (χ0v) is 14.9. The predicted molar refractivity (Wildman–Crippen MR) is 97.9 cm³/mol. The monoisotopic (exact) mass is 311 g/mol. The number of nitrogens with one attached hydrogen (secondary N) is 1. The van der Waals surface area contributed by atoms with Gasteiger partial charge in [-0.15, -0.1) is 0 Å². The number of benzene rings is 2. The van der Waals surface area contributed by atoms with E-state index in [1.54, 1.807) is 0 Å². The second-order valence-electron chi connectivity index (χ2n) is 7.04. The van der Waals surface area contributed by atoms with Crippen LogP contribution in [0.1, 0.15) is 50.8 Å². The van der Waals surface area contributed by atoms with E-state index in [1.807, 2.05) is 12.1 Å². The van der Waals surface area contributed by atoms with Gasteiger partial charge in [-0.05, 0) is 40.7 Å². The van der Waals surface area contributed by atoms with Crippen LogP contribution in [0.5, 0.6) is 5.75 Å². The summed E-state index contributed by atoms with van der Waals surface area (Å²) in [6.07, 6.45) is 1.04. The molecular formula is C21H29NO. The van der Waals surface area contributed by atoms with E-state index in [2.05, 4.69) is 69.4 Å². The van der Waals surface area contributed by atoms with Gasteiger partial charge in [0.2, 0.25) is 0 Å². The predicted octanol–water partition coefficient (Wildman–Crippen LogP) is 5.06. The molecule has 0 aromatic heterocycles. The zero-order chi connectivity index (χ0) is 16.7. The number of hydrogen-bond acceptors (Lipinski definition) is 2. The molecule has 2 aromatic rings. The maximum atomic E-state index is 5.60. The Morgan fingerprint density at radius 3 is 1.83 bits per heavy atom. The summed E-state index contributed by atoms with van der Waals surface area (Å²) in [5, 5.41) is 3.50. The summed E-state index contributed by atoms with van der Waals surface area (Å²) in [6, 6.07) is 17.2. The third kappa shape index (κ3) is 5.72. The van der Waals surface area contributed by atoms with Gasteiger partial charge in [0.15, 0.2) is 0 Å². The average molecular weight is 311 g/mol. The van der Waals surface area contributed by atoms with Crippen LogP contribution in [0.3, 0.4) is 0 Å². The molecule has 0 heterocycles. The molecule has 0 atom stereocenters. The third-order valence-electron chi connectivity index (χ3n) is 3.87. The van der Waals surface area contributed by atoms with Crippen molar-refractivity contribution >= 4 is 0 Å². The fourth-order valence-corrected chi connectivity index (χ4v) is 2.40. The maximum absolute atomic E-state index is 5.60. The lowest BCUT2D eigenvalue weighted by Gasteiger charge is -2.19. The van der Waals surface area contributed by atoms with Gasteiger partial charge in [0, 0.05) is 13.1 Å². The van der Waals surface area contributed by atoms with Crippen molar-refractivity contribution in [3.8, 4) is 5.75 Å². The number of rotatable bonds is 7. The van der Waals surface area contributed by atoms with E-state index in [4.69, 9.17) is 4.74 Å². The van der Waals surface area contributed by atoms with Gasteiger partial charge >= 0.3 is 0 Å². The lowest BCUT2D eigenvalue weighted by molar-refractivity contribution is 0.317. The molecule has 2 aromatic carbocycles. The first-order valence-electron chi connectivity index (χ1n) is 8.51. The van der Waals surface area contributed by atoms with Crippen LogP contribution in [0.15, 0.2) is 48.5 Å². The molecule has 0 amide bonds.